The van der Waals surface area contributed by atoms with E-state index in [2.05, 4.69) is 153 Å². The Bertz CT molecular complexity index is 4260. The average molecular weight is 773 g/mol. The molecule has 0 saturated heterocycles. The first-order valence-corrected chi connectivity index (χ1v) is 21.4. The highest BCUT2D eigenvalue weighted by Gasteiger charge is 2.30. The van der Waals surface area contributed by atoms with E-state index >= 15 is 4.39 Å². The van der Waals surface area contributed by atoms with Crippen molar-refractivity contribution in [3.63, 3.8) is 0 Å². The van der Waals surface area contributed by atoms with E-state index in [1.165, 1.54) is 141 Å². The SMILES string of the molecule is Cc1cccc(C)c1-c1ccc2c(c1)-c1ccc3c4ccc5c6c(ccc(c7ccc-2c1c73)c46)c1c(-c2ccccc2F)c2cc3ccccc3c3c4ccccc4c(c51)c23. The molecule has 0 atom stereocenters. The number of hydrogen-bond acceptors (Lipinski definition) is 0. The Morgan fingerprint density at radius 2 is 0.770 bits per heavy atom. The summed E-state index contributed by atoms with van der Waals surface area (Å²) in [7, 11) is 0. The molecule has 280 valence electrons. The minimum Gasteiger partial charge on any atom is -0.206 e. The number of halogens is 1. The number of aryl methyl sites for hydroxylation is 2. The molecule has 1 heteroatoms. The fraction of sp³-hybridized carbons (Fsp3) is 0.0333. The van der Waals surface area contributed by atoms with Gasteiger partial charge in [0.05, 0.1) is 0 Å². The molecule has 0 bridgehead atoms. The molecule has 0 N–H and O–H groups in total. The monoisotopic (exact) mass is 772 g/mol. The highest BCUT2D eigenvalue weighted by atomic mass is 19.1. The van der Waals surface area contributed by atoms with Crippen LogP contribution < -0.4 is 0 Å². The molecule has 61 heavy (non-hydrogen) atoms. The summed E-state index contributed by atoms with van der Waals surface area (Å²) in [5, 5.41) is 24.9. The van der Waals surface area contributed by atoms with Gasteiger partial charge in [0.1, 0.15) is 5.82 Å². The van der Waals surface area contributed by atoms with Gasteiger partial charge >= 0.3 is 0 Å². The number of benzene rings is 12. The summed E-state index contributed by atoms with van der Waals surface area (Å²) in [4.78, 5) is 0. The lowest BCUT2D eigenvalue weighted by Crippen LogP contribution is -1.89. The van der Waals surface area contributed by atoms with E-state index in [4.69, 9.17) is 0 Å². The van der Waals surface area contributed by atoms with Crippen molar-refractivity contribution in [2.24, 2.45) is 0 Å². The van der Waals surface area contributed by atoms with Gasteiger partial charge in [0.15, 0.2) is 0 Å². The summed E-state index contributed by atoms with van der Waals surface area (Å²) in [6.45, 7) is 4.44. The fourth-order valence-electron chi connectivity index (χ4n) is 12.4. The standard InChI is InChI=1S/C60H33F/c1-30-10-9-11-31(2)50(30)33-18-19-35-38-20-21-39-41-24-26-45-56-46(27-25-42(54(41)56)40-22-23-43(47(35)29-33)52(38)53(39)40)59-57-37-15-6-5-14-36(37)51-34-13-4-3-12-32(34)28-48(60(51)57)55(58(45)59)44-16-7-8-17-49(44)61/h3-29H,1-2H3. The van der Waals surface area contributed by atoms with Crippen LogP contribution in [-0.4, -0.2) is 0 Å². The van der Waals surface area contributed by atoms with Gasteiger partial charge in [-0.3, -0.25) is 0 Å². The summed E-state index contributed by atoms with van der Waals surface area (Å²) in [5.74, 6) is -0.198. The third-order valence-electron chi connectivity index (χ3n) is 14.7. The molecule has 0 radical (unpaired) electrons. The summed E-state index contributed by atoms with van der Waals surface area (Å²) in [6, 6.07) is 60.0. The summed E-state index contributed by atoms with van der Waals surface area (Å²) in [5.41, 5.74) is 12.1. The molecule has 0 unspecified atom stereocenters. The van der Waals surface area contributed by atoms with E-state index in [0.29, 0.717) is 5.56 Å². The highest BCUT2D eigenvalue weighted by Crippen LogP contribution is 2.58. The Balaban J connectivity index is 1.11. The minimum absolute atomic E-state index is 0.198. The van der Waals surface area contributed by atoms with Crippen molar-refractivity contribution < 1.29 is 4.39 Å². The van der Waals surface area contributed by atoms with Gasteiger partial charge in [0.25, 0.3) is 0 Å². The Hall–Kier alpha value is -7.61. The quantitative estimate of drug-likeness (QED) is 0.121. The molecule has 0 saturated carbocycles. The zero-order valence-electron chi connectivity index (χ0n) is 33.5. The normalized spacial score (nSPS) is 12.8. The highest BCUT2D eigenvalue weighted by molar-refractivity contribution is 6.52. The molecule has 14 aromatic carbocycles. The van der Waals surface area contributed by atoms with Crippen LogP contribution >= 0.6 is 0 Å². The molecule has 0 fully saturated rings. The molecule has 0 aromatic heterocycles. The molecule has 14 aromatic rings. The third-order valence-corrected chi connectivity index (χ3v) is 14.7. The smallest absolute Gasteiger partial charge is 0.131 e. The average Bonchev–Trinajstić information content (AvgIpc) is 3.93. The zero-order chi connectivity index (χ0) is 40.0. The number of hydrogen-bond donors (Lipinski definition) is 0. The maximum atomic E-state index is 16.5. The van der Waals surface area contributed by atoms with Crippen LogP contribution in [0.4, 0.5) is 4.39 Å². The van der Waals surface area contributed by atoms with Crippen LogP contribution in [0.3, 0.4) is 0 Å². The van der Waals surface area contributed by atoms with Gasteiger partial charge in [-0.2, -0.15) is 0 Å². The predicted octanol–water partition coefficient (Wildman–Crippen LogP) is 17.3. The zero-order valence-corrected chi connectivity index (χ0v) is 33.5. The van der Waals surface area contributed by atoms with E-state index in [-0.39, 0.29) is 5.82 Å². The molecular weight excluding hydrogens is 740 g/mol. The van der Waals surface area contributed by atoms with Crippen LogP contribution in [0.25, 0.3) is 152 Å². The van der Waals surface area contributed by atoms with Crippen molar-refractivity contribution in [2.75, 3.05) is 0 Å². The van der Waals surface area contributed by atoms with Crippen molar-refractivity contribution in [3.8, 4) is 44.5 Å². The Kier molecular flexibility index (Phi) is 5.79. The topological polar surface area (TPSA) is 0 Å². The first-order valence-electron chi connectivity index (χ1n) is 21.4. The van der Waals surface area contributed by atoms with Gasteiger partial charge in [-0.25, -0.2) is 4.39 Å². The molecule has 1 aliphatic carbocycles. The van der Waals surface area contributed by atoms with Gasteiger partial charge in [0, 0.05) is 11.1 Å². The van der Waals surface area contributed by atoms with Crippen LogP contribution in [0.1, 0.15) is 11.1 Å². The Labute approximate surface area is 349 Å². The first kappa shape index (κ1) is 32.3. The molecular formula is C60H33F. The number of rotatable bonds is 2. The molecule has 15 rings (SSSR count). The maximum absolute atomic E-state index is 16.5. The Morgan fingerprint density at radius 3 is 1.51 bits per heavy atom. The second-order valence-electron chi connectivity index (χ2n) is 17.6. The largest absolute Gasteiger partial charge is 0.206 e. The maximum Gasteiger partial charge on any atom is 0.131 e. The fourth-order valence-corrected chi connectivity index (χ4v) is 12.4. The van der Waals surface area contributed by atoms with Crippen LogP contribution in [0.2, 0.25) is 0 Å². The van der Waals surface area contributed by atoms with Gasteiger partial charge in [-0.1, -0.05) is 146 Å². The number of fused-ring (bicyclic) bond motifs is 14. The van der Waals surface area contributed by atoms with Crippen molar-refractivity contribution in [1.82, 2.24) is 0 Å². The third kappa shape index (κ3) is 3.75. The van der Waals surface area contributed by atoms with Crippen LogP contribution in [0.15, 0.2) is 164 Å². The van der Waals surface area contributed by atoms with Gasteiger partial charge in [0.2, 0.25) is 0 Å². The molecule has 0 spiro atoms. The summed E-state index contributed by atoms with van der Waals surface area (Å²) in [6.07, 6.45) is 0. The summed E-state index contributed by atoms with van der Waals surface area (Å²) < 4.78 is 16.5. The van der Waals surface area contributed by atoms with Crippen LogP contribution in [-0.2, 0) is 0 Å². The van der Waals surface area contributed by atoms with E-state index in [0.717, 1.165) is 16.3 Å². The van der Waals surface area contributed by atoms with Crippen LogP contribution in [0, 0.1) is 19.7 Å². The van der Waals surface area contributed by atoms with E-state index in [1.54, 1.807) is 12.1 Å². The van der Waals surface area contributed by atoms with E-state index < -0.39 is 0 Å². The predicted molar refractivity (Wildman–Crippen MR) is 260 cm³/mol. The lowest BCUT2D eigenvalue weighted by Gasteiger charge is -2.16. The van der Waals surface area contributed by atoms with Gasteiger partial charge in [-0.15, -0.1) is 0 Å². The molecule has 0 nitrogen and oxygen atoms in total. The van der Waals surface area contributed by atoms with Gasteiger partial charge < -0.3 is 0 Å². The Morgan fingerprint density at radius 1 is 0.279 bits per heavy atom. The molecule has 1 aliphatic rings. The first-order chi connectivity index (χ1) is 30.0. The molecule has 0 amide bonds. The molecule has 0 aliphatic heterocycles. The van der Waals surface area contributed by atoms with Crippen molar-refractivity contribution in [3.05, 3.63) is 181 Å². The second-order valence-corrected chi connectivity index (χ2v) is 17.6. The van der Waals surface area contributed by atoms with Gasteiger partial charge in [-0.05, 0) is 184 Å². The van der Waals surface area contributed by atoms with E-state index in [9.17, 15) is 0 Å². The van der Waals surface area contributed by atoms with Crippen LogP contribution in [0.5, 0.6) is 0 Å². The lowest BCUT2D eigenvalue weighted by molar-refractivity contribution is 0.631. The minimum atomic E-state index is -0.198. The van der Waals surface area contributed by atoms with Crippen molar-refractivity contribution in [2.45, 2.75) is 13.8 Å². The van der Waals surface area contributed by atoms with Crippen molar-refractivity contribution in [1.29, 1.82) is 0 Å². The second kappa shape index (κ2) is 11.0. The summed E-state index contributed by atoms with van der Waals surface area (Å²) >= 11 is 0. The molecule has 0 heterocycles. The van der Waals surface area contributed by atoms with E-state index in [1.807, 2.05) is 12.1 Å². The van der Waals surface area contributed by atoms with Crippen molar-refractivity contribution >= 4 is 108 Å². The lowest BCUT2D eigenvalue weighted by atomic mass is 9.87.